The Kier molecular flexibility index (Phi) is 6.04. The summed E-state index contributed by atoms with van der Waals surface area (Å²) in [6, 6.07) is 7.20. The monoisotopic (exact) mass is 352 g/mol. The largest absolute Gasteiger partial charge is 0.340 e. The van der Waals surface area contributed by atoms with Gasteiger partial charge in [-0.15, -0.1) is 0 Å². The summed E-state index contributed by atoms with van der Waals surface area (Å²) >= 11 is 0. The van der Waals surface area contributed by atoms with Crippen molar-refractivity contribution in [1.82, 2.24) is 9.21 Å². The molecule has 1 fully saturated rings. The summed E-state index contributed by atoms with van der Waals surface area (Å²) in [5, 5.41) is 0. The van der Waals surface area contributed by atoms with Crippen LogP contribution in [-0.4, -0.2) is 49.7 Å². The topological polar surface area (TPSA) is 57.7 Å². The molecule has 1 aromatic carbocycles. The van der Waals surface area contributed by atoms with Crippen LogP contribution in [0.25, 0.3) is 0 Å². The van der Waals surface area contributed by atoms with Gasteiger partial charge >= 0.3 is 0 Å². The van der Waals surface area contributed by atoms with Gasteiger partial charge in [-0.3, -0.25) is 4.79 Å². The molecule has 0 radical (unpaired) electrons. The molecule has 2 rings (SSSR count). The lowest BCUT2D eigenvalue weighted by Gasteiger charge is -2.34. The molecule has 24 heavy (non-hydrogen) atoms. The quantitative estimate of drug-likeness (QED) is 0.819. The lowest BCUT2D eigenvalue weighted by Crippen LogP contribution is -2.51. The second-order valence-corrected chi connectivity index (χ2v) is 8.70. The molecule has 0 spiro atoms. The average Bonchev–Trinajstić information content (AvgIpc) is 2.60. The molecule has 0 unspecified atom stereocenters. The summed E-state index contributed by atoms with van der Waals surface area (Å²) in [7, 11) is -3.49. The molecule has 0 saturated carbocycles. The van der Waals surface area contributed by atoms with Crippen LogP contribution in [0, 0.1) is 5.92 Å². The Bertz CT molecular complexity index is 660. The Hall–Kier alpha value is -1.40. The van der Waals surface area contributed by atoms with Crippen LogP contribution in [0.5, 0.6) is 0 Å². The van der Waals surface area contributed by atoms with Gasteiger partial charge in [0.2, 0.25) is 15.9 Å². The van der Waals surface area contributed by atoms with E-state index in [-0.39, 0.29) is 11.8 Å². The number of rotatable bonds is 5. The molecule has 1 atom stereocenters. The lowest BCUT2D eigenvalue weighted by atomic mass is 9.99. The highest BCUT2D eigenvalue weighted by atomic mass is 32.2. The summed E-state index contributed by atoms with van der Waals surface area (Å²) in [6.07, 6.45) is 1.03. The Balaban J connectivity index is 2.08. The molecule has 1 saturated heterocycles. The van der Waals surface area contributed by atoms with Gasteiger partial charge in [0.1, 0.15) is 0 Å². The van der Waals surface area contributed by atoms with Gasteiger partial charge in [0.15, 0.2) is 0 Å². The Labute approximate surface area is 145 Å². The van der Waals surface area contributed by atoms with Crippen molar-refractivity contribution >= 4 is 15.9 Å². The van der Waals surface area contributed by atoms with E-state index in [0.29, 0.717) is 37.0 Å². The fourth-order valence-electron chi connectivity index (χ4n) is 2.87. The summed E-state index contributed by atoms with van der Waals surface area (Å²) in [4.78, 5) is 14.1. The zero-order valence-electron chi connectivity index (χ0n) is 15.0. The normalized spacial score (nSPS) is 18.0. The average molecular weight is 353 g/mol. The van der Waals surface area contributed by atoms with Crippen molar-refractivity contribution in [2.45, 2.75) is 44.9 Å². The van der Waals surface area contributed by atoms with Gasteiger partial charge in [-0.05, 0) is 30.0 Å². The van der Waals surface area contributed by atoms with Crippen LogP contribution < -0.4 is 0 Å². The van der Waals surface area contributed by atoms with Crippen LogP contribution in [0.1, 0.15) is 45.6 Å². The van der Waals surface area contributed by atoms with Crippen molar-refractivity contribution in [3.8, 4) is 0 Å². The van der Waals surface area contributed by atoms with Crippen molar-refractivity contribution in [3.63, 3.8) is 0 Å². The minimum absolute atomic E-state index is 0.0544. The molecule has 0 aliphatic carbocycles. The third kappa shape index (κ3) is 3.98. The molecule has 6 heteroatoms. The van der Waals surface area contributed by atoms with E-state index in [9.17, 15) is 13.2 Å². The van der Waals surface area contributed by atoms with Crippen molar-refractivity contribution in [1.29, 1.82) is 0 Å². The minimum Gasteiger partial charge on any atom is -0.340 e. The molecular weight excluding hydrogens is 324 g/mol. The highest BCUT2D eigenvalue weighted by Gasteiger charge is 2.30. The molecule has 1 heterocycles. The Morgan fingerprint density at radius 3 is 2.04 bits per heavy atom. The second kappa shape index (κ2) is 7.66. The number of benzene rings is 1. The molecule has 0 bridgehead atoms. The zero-order chi connectivity index (χ0) is 17.9. The van der Waals surface area contributed by atoms with Crippen LogP contribution in [-0.2, 0) is 14.8 Å². The van der Waals surface area contributed by atoms with E-state index in [1.54, 1.807) is 17.0 Å². The number of carbonyl (C=O) groups excluding carboxylic acids is 1. The zero-order valence-corrected chi connectivity index (χ0v) is 15.8. The van der Waals surface area contributed by atoms with Crippen LogP contribution in [0.4, 0.5) is 0 Å². The number of nitrogens with zero attached hydrogens (tertiary/aromatic N) is 2. The number of carbonyl (C=O) groups is 1. The van der Waals surface area contributed by atoms with E-state index in [1.165, 1.54) is 4.31 Å². The van der Waals surface area contributed by atoms with E-state index in [2.05, 4.69) is 13.8 Å². The van der Waals surface area contributed by atoms with Crippen molar-refractivity contribution in [2.75, 3.05) is 26.2 Å². The van der Waals surface area contributed by atoms with E-state index < -0.39 is 10.0 Å². The summed E-state index contributed by atoms with van der Waals surface area (Å²) in [6.45, 7) is 9.61. The van der Waals surface area contributed by atoms with Gasteiger partial charge in [0, 0.05) is 32.1 Å². The fourth-order valence-corrected chi connectivity index (χ4v) is 4.29. The molecular formula is C18H28N2O3S. The van der Waals surface area contributed by atoms with Crippen LogP contribution >= 0.6 is 0 Å². The van der Waals surface area contributed by atoms with Crippen molar-refractivity contribution in [2.24, 2.45) is 5.92 Å². The van der Waals surface area contributed by atoms with Crippen LogP contribution in [0.3, 0.4) is 0 Å². The number of piperazine rings is 1. The number of sulfonamides is 1. The van der Waals surface area contributed by atoms with Crippen molar-refractivity contribution in [3.05, 3.63) is 29.8 Å². The summed E-state index contributed by atoms with van der Waals surface area (Å²) in [5.74, 6) is 0.457. The Morgan fingerprint density at radius 1 is 1.04 bits per heavy atom. The molecule has 1 amide bonds. The maximum atomic E-state index is 12.8. The number of hydrogen-bond acceptors (Lipinski definition) is 3. The third-order valence-corrected chi connectivity index (χ3v) is 6.66. The summed E-state index contributed by atoms with van der Waals surface area (Å²) in [5.41, 5.74) is 1.16. The maximum absolute atomic E-state index is 12.8. The molecule has 0 N–H and O–H groups in total. The summed E-state index contributed by atoms with van der Waals surface area (Å²) < 4.78 is 27.0. The molecule has 5 nitrogen and oxygen atoms in total. The van der Waals surface area contributed by atoms with Gasteiger partial charge in [0.25, 0.3) is 0 Å². The Morgan fingerprint density at radius 2 is 1.58 bits per heavy atom. The first kappa shape index (κ1) is 18.9. The highest BCUT2D eigenvalue weighted by Crippen LogP contribution is 2.23. The first-order valence-corrected chi connectivity index (χ1v) is 10.1. The highest BCUT2D eigenvalue weighted by molar-refractivity contribution is 7.89. The molecule has 1 aromatic rings. The van der Waals surface area contributed by atoms with E-state index in [4.69, 9.17) is 0 Å². The van der Waals surface area contributed by atoms with Crippen LogP contribution in [0.15, 0.2) is 29.2 Å². The molecule has 1 aliphatic rings. The maximum Gasteiger partial charge on any atom is 0.243 e. The van der Waals surface area contributed by atoms with Crippen LogP contribution in [0.2, 0.25) is 0 Å². The van der Waals surface area contributed by atoms with Gasteiger partial charge in [-0.25, -0.2) is 8.42 Å². The van der Waals surface area contributed by atoms with E-state index in [0.717, 1.165) is 12.0 Å². The van der Waals surface area contributed by atoms with Gasteiger partial charge in [0.05, 0.1) is 4.90 Å². The number of amides is 1. The third-order valence-electron chi connectivity index (χ3n) is 4.74. The van der Waals surface area contributed by atoms with Gasteiger partial charge in [-0.2, -0.15) is 4.31 Å². The predicted molar refractivity (Wildman–Crippen MR) is 95.3 cm³/mol. The van der Waals surface area contributed by atoms with Gasteiger partial charge in [-0.1, -0.05) is 39.8 Å². The van der Waals surface area contributed by atoms with E-state index in [1.807, 2.05) is 26.0 Å². The predicted octanol–water partition coefficient (Wildman–Crippen LogP) is 2.69. The molecule has 134 valence electrons. The minimum atomic E-state index is -3.49. The number of hydrogen-bond donors (Lipinski definition) is 0. The molecule has 1 aliphatic heterocycles. The second-order valence-electron chi connectivity index (χ2n) is 6.76. The van der Waals surface area contributed by atoms with Gasteiger partial charge < -0.3 is 4.90 Å². The fraction of sp³-hybridized carbons (Fsp3) is 0.611. The SMILES string of the molecule is CC[C@@H](C)c1ccc(S(=O)(=O)N2CCN(C(=O)C(C)C)CC2)cc1. The molecule has 0 aromatic heterocycles. The first-order chi connectivity index (χ1) is 11.3. The smallest absolute Gasteiger partial charge is 0.243 e. The standard InChI is InChI=1S/C18H28N2O3S/c1-5-15(4)16-6-8-17(9-7-16)24(22,23)20-12-10-19(11-13-20)18(21)14(2)3/h6-9,14-15H,5,10-13H2,1-4H3/t15-/m1/s1. The van der Waals surface area contributed by atoms with Crippen molar-refractivity contribution < 1.29 is 13.2 Å². The first-order valence-electron chi connectivity index (χ1n) is 8.66. The van der Waals surface area contributed by atoms with E-state index >= 15 is 0 Å². The lowest BCUT2D eigenvalue weighted by molar-refractivity contribution is -0.135.